The molecule has 258 valence electrons. The maximum Gasteiger partial charge on any atom is 0.0724 e. The summed E-state index contributed by atoms with van der Waals surface area (Å²) < 4.78 is 0. The zero-order valence-corrected chi connectivity index (χ0v) is 29.7. The lowest BCUT2D eigenvalue weighted by Crippen LogP contribution is -2.34. The second-order valence-electron chi connectivity index (χ2n) is 12.6. The first-order valence-corrected chi connectivity index (χ1v) is 17.4. The Morgan fingerprint density at radius 1 is 0.673 bits per heavy atom. The molecule has 1 unspecified atom stereocenters. The SMILES string of the molecule is C=C(N)/C=C\C=C/N.C=C/C=C\C=C/c1ccccc1C1(c2ccccc2N)C(=C)/C=C\c2ccccc2Cc2ccc(Cc3ccccc3)cc21. The molecule has 5 aromatic rings. The van der Waals surface area contributed by atoms with E-state index in [-0.39, 0.29) is 0 Å². The molecule has 6 rings (SSSR count). The summed E-state index contributed by atoms with van der Waals surface area (Å²) in [5.74, 6) is 0. The van der Waals surface area contributed by atoms with E-state index in [1.165, 1.54) is 39.6 Å². The van der Waals surface area contributed by atoms with Crippen LogP contribution in [-0.2, 0) is 18.3 Å². The van der Waals surface area contributed by atoms with Crippen molar-refractivity contribution in [3.63, 3.8) is 0 Å². The highest BCUT2D eigenvalue weighted by Gasteiger charge is 2.42. The third kappa shape index (κ3) is 8.58. The van der Waals surface area contributed by atoms with Crippen LogP contribution in [0.15, 0.2) is 207 Å². The number of nitrogens with two attached hydrogens (primary N) is 3. The maximum atomic E-state index is 6.95. The summed E-state index contributed by atoms with van der Waals surface area (Å²) in [4.78, 5) is 0. The van der Waals surface area contributed by atoms with Crippen molar-refractivity contribution in [1.29, 1.82) is 0 Å². The quantitative estimate of drug-likeness (QED) is 0.107. The number of hydrogen-bond donors (Lipinski definition) is 3. The van der Waals surface area contributed by atoms with E-state index in [0.29, 0.717) is 5.70 Å². The van der Waals surface area contributed by atoms with E-state index in [9.17, 15) is 0 Å². The van der Waals surface area contributed by atoms with Crippen LogP contribution in [0.2, 0.25) is 0 Å². The Hall–Kier alpha value is -6.58. The molecule has 0 heterocycles. The monoisotopic (exact) mass is 677 g/mol. The second kappa shape index (κ2) is 17.9. The van der Waals surface area contributed by atoms with E-state index in [1.54, 1.807) is 24.3 Å². The molecule has 0 aromatic heterocycles. The standard InChI is InChI=1S/C43H37N.C6H10N2/c1-3-4-5-9-19-36-20-12-13-22-39(36)43(40-23-14-15-24-42(40)44)32(2)25-27-35-18-10-11-21-37(35)31-38-28-26-34(30-41(38)43)29-33-16-7-6-8-17-33;1-6(8)4-2-3-5-7/h3-28,30H,1-2,29,31,44H2;2-5H,1,7-8H2/b5-4-,19-9-,27-25-;4-2-,5-3-. The number of hydrogen-bond acceptors (Lipinski definition) is 3. The van der Waals surface area contributed by atoms with Gasteiger partial charge in [-0.05, 0) is 92.9 Å². The average Bonchev–Trinajstić information content (AvgIpc) is 3.20. The molecule has 1 atom stereocenters. The van der Waals surface area contributed by atoms with Crippen LogP contribution >= 0.6 is 0 Å². The molecule has 0 bridgehead atoms. The largest absolute Gasteiger partial charge is 0.405 e. The smallest absolute Gasteiger partial charge is 0.0724 e. The Kier molecular flexibility index (Phi) is 12.6. The van der Waals surface area contributed by atoms with E-state index in [1.807, 2.05) is 24.3 Å². The molecule has 0 saturated heterocycles. The number of para-hydroxylation sites is 1. The summed E-state index contributed by atoms with van der Waals surface area (Å²) in [7, 11) is 0. The van der Waals surface area contributed by atoms with Crippen molar-refractivity contribution in [2.24, 2.45) is 11.5 Å². The minimum atomic E-state index is -0.755. The molecule has 6 N–H and O–H groups in total. The van der Waals surface area contributed by atoms with Crippen molar-refractivity contribution in [2.75, 3.05) is 5.73 Å². The van der Waals surface area contributed by atoms with Gasteiger partial charge in [0, 0.05) is 11.4 Å². The molecule has 1 aliphatic carbocycles. The lowest BCUT2D eigenvalue weighted by molar-refractivity contribution is 0.736. The van der Waals surface area contributed by atoms with Crippen molar-refractivity contribution >= 4 is 17.8 Å². The van der Waals surface area contributed by atoms with Gasteiger partial charge >= 0.3 is 0 Å². The summed E-state index contributed by atoms with van der Waals surface area (Å²) in [6.07, 6.45) is 22.5. The van der Waals surface area contributed by atoms with E-state index < -0.39 is 5.41 Å². The van der Waals surface area contributed by atoms with Gasteiger partial charge in [-0.25, -0.2) is 0 Å². The Balaban J connectivity index is 0.000000587. The Labute approximate surface area is 309 Å². The van der Waals surface area contributed by atoms with Crippen molar-refractivity contribution < 1.29 is 0 Å². The third-order valence-corrected chi connectivity index (χ3v) is 9.11. The van der Waals surface area contributed by atoms with Gasteiger partial charge < -0.3 is 17.2 Å². The zero-order chi connectivity index (χ0) is 36.8. The first-order chi connectivity index (χ1) is 25.4. The van der Waals surface area contributed by atoms with Gasteiger partial charge in [0.25, 0.3) is 0 Å². The van der Waals surface area contributed by atoms with Crippen LogP contribution in [0.5, 0.6) is 0 Å². The highest BCUT2D eigenvalue weighted by molar-refractivity contribution is 5.75. The molecular weight excluding hydrogens is 631 g/mol. The first-order valence-electron chi connectivity index (χ1n) is 17.4. The van der Waals surface area contributed by atoms with Gasteiger partial charge in [0.05, 0.1) is 5.41 Å². The molecule has 1 aliphatic rings. The number of benzene rings is 5. The van der Waals surface area contributed by atoms with Crippen LogP contribution < -0.4 is 17.2 Å². The molecule has 3 nitrogen and oxygen atoms in total. The fraction of sp³-hybridized carbons (Fsp3) is 0.0612. The molecule has 0 aliphatic heterocycles. The number of nitrogen functional groups attached to an aromatic ring is 1. The summed E-state index contributed by atoms with van der Waals surface area (Å²) in [6.45, 7) is 12.1. The lowest BCUT2D eigenvalue weighted by atomic mass is 9.62. The zero-order valence-electron chi connectivity index (χ0n) is 29.7. The van der Waals surface area contributed by atoms with Gasteiger partial charge in [-0.15, -0.1) is 0 Å². The number of rotatable bonds is 9. The first kappa shape index (κ1) is 36.7. The van der Waals surface area contributed by atoms with Crippen LogP contribution in [0.3, 0.4) is 0 Å². The van der Waals surface area contributed by atoms with Crippen LogP contribution in [0.4, 0.5) is 5.69 Å². The van der Waals surface area contributed by atoms with Gasteiger partial charge in [0.15, 0.2) is 0 Å². The minimum absolute atomic E-state index is 0.531. The fourth-order valence-electron chi connectivity index (χ4n) is 6.77. The molecule has 0 fully saturated rings. The van der Waals surface area contributed by atoms with E-state index in [4.69, 9.17) is 23.8 Å². The highest BCUT2D eigenvalue weighted by atomic mass is 14.6. The van der Waals surface area contributed by atoms with E-state index in [0.717, 1.165) is 40.8 Å². The van der Waals surface area contributed by atoms with Crippen LogP contribution in [0, 0.1) is 0 Å². The second-order valence-corrected chi connectivity index (χ2v) is 12.6. The summed E-state index contributed by atoms with van der Waals surface area (Å²) in [5, 5.41) is 0. The van der Waals surface area contributed by atoms with Crippen LogP contribution in [0.25, 0.3) is 12.2 Å². The van der Waals surface area contributed by atoms with Crippen LogP contribution in [0.1, 0.15) is 50.1 Å². The van der Waals surface area contributed by atoms with Gasteiger partial charge in [0.1, 0.15) is 0 Å². The number of anilines is 1. The number of fused-ring (bicyclic) bond motifs is 2. The van der Waals surface area contributed by atoms with Crippen molar-refractivity contribution in [2.45, 2.75) is 18.3 Å². The molecular formula is C49H47N3. The predicted octanol–water partition coefficient (Wildman–Crippen LogP) is 10.6. The average molecular weight is 678 g/mol. The molecule has 52 heavy (non-hydrogen) atoms. The predicted molar refractivity (Wildman–Crippen MR) is 224 cm³/mol. The van der Waals surface area contributed by atoms with E-state index in [2.05, 4.69) is 147 Å². The van der Waals surface area contributed by atoms with Gasteiger partial charge in [0.2, 0.25) is 0 Å². The molecule has 3 heteroatoms. The topological polar surface area (TPSA) is 78.1 Å². The normalized spacial score (nSPS) is 16.0. The molecule has 0 radical (unpaired) electrons. The maximum absolute atomic E-state index is 6.95. The molecule has 0 amide bonds. The van der Waals surface area contributed by atoms with E-state index >= 15 is 0 Å². The highest BCUT2D eigenvalue weighted by Crippen LogP contribution is 2.51. The van der Waals surface area contributed by atoms with Crippen LogP contribution in [-0.4, -0.2) is 0 Å². The summed E-state index contributed by atoms with van der Waals surface area (Å²) in [6, 6.07) is 43.2. The summed E-state index contributed by atoms with van der Waals surface area (Å²) in [5.41, 5.74) is 29.4. The Morgan fingerprint density at radius 3 is 2.13 bits per heavy atom. The van der Waals surface area contributed by atoms with Gasteiger partial charge in [-0.3, -0.25) is 0 Å². The summed E-state index contributed by atoms with van der Waals surface area (Å²) >= 11 is 0. The van der Waals surface area contributed by atoms with Gasteiger partial charge in [-0.1, -0.05) is 184 Å². The van der Waals surface area contributed by atoms with Gasteiger partial charge in [-0.2, -0.15) is 0 Å². The third-order valence-electron chi connectivity index (χ3n) is 9.11. The number of allylic oxidation sites excluding steroid dienone is 9. The minimum Gasteiger partial charge on any atom is -0.405 e. The Bertz CT molecular complexity index is 2180. The lowest BCUT2D eigenvalue weighted by Gasteiger charge is -2.40. The molecule has 0 spiro atoms. The van der Waals surface area contributed by atoms with Crippen molar-refractivity contribution in [1.82, 2.24) is 0 Å². The van der Waals surface area contributed by atoms with Crippen molar-refractivity contribution in [3.05, 3.63) is 257 Å². The van der Waals surface area contributed by atoms with Crippen molar-refractivity contribution in [3.8, 4) is 0 Å². The fourth-order valence-corrected chi connectivity index (χ4v) is 6.77. The molecule has 5 aromatic carbocycles. The molecule has 0 saturated carbocycles. The Morgan fingerprint density at radius 2 is 1.38 bits per heavy atom.